The van der Waals surface area contributed by atoms with E-state index in [1.165, 1.54) is 6.07 Å². The molecule has 0 bridgehead atoms. The molecule has 8 heteroatoms. The van der Waals surface area contributed by atoms with Gasteiger partial charge in [-0.15, -0.1) is 11.3 Å². The van der Waals surface area contributed by atoms with Gasteiger partial charge in [0, 0.05) is 11.6 Å². The van der Waals surface area contributed by atoms with Gasteiger partial charge in [-0.3, -0.25) is 4.79 Å². The van der Waals surface area contributed by atoms with Gasteiger partial charge < -0.3 is 11.1 Å². The maximum atomic E-state index is 12.0. The van der Waals surface area contributed by atoms with Crippen LogP contribution in [0.15, 0.2) is 40.6 Å². The minimum atomic E-state index is -3.71. The molecule has 0 spiro atoms. The fraction of sp³-hybridized carbons (Fsp3) is 0.154. The van der Waals surface area contributed by atoms with Crippen molar-refractivity contribution in [3.05, 3.63) is 46.3 Å². The third-order valence-electron chi connectivity index (χ3n) is 2.72. The molecule has 1 aromatic heterocycles. The van der Waals surface area contributed by atoms with Crippen molar-refractivity contribution in [2.24, 2.45) is 0 Å². The number of nitrogens with two attached hydrogens (primary N) is 1. The van der Waals surface area contributed by atoms with E-state index in [-0.39, 0.29) is 16.4 Å². The van der Waals surface area contributed by atoms with Crippen molar-refractivity contribution in [3.8, 4) is 0 Å². The molecule has 0 atom stereocenters. The summed E-state index contributed by atoms with van der Waals surface area (Å²) in [5, 5.41) is 4.93. The van der Waals surface area contributed by atoms with Crippen molar-refractivity contribution in [2.45, 2.75) is 11.4 Å². The molecule has 1 aromatic carbocycles. The topological polar surface area (TPSA) is 89.3 Å². The Labute approximate surface area is 131 Å². The molecular weight excluding hydrogens is 332 g/mol. The second-order valence-electron chi connectivity index (χ2n) is 4.31. The van der Waals surface area contributed by atoms with Crippen LogP contribution in [-0.4, -0.2) is 20.1 Å². The summed E-state index contributed by atoms with van der Waals surface area (Å²) in [5.41, 5.74) is 6.41. The first-order chi connectivity index (χ1) is 9.88. The van der Waals surface area contributed by atoms with E-state index in [9.17, 15) is 13.2 Å². The molecule has 21 heavy (non-hydrogen) atoms. The summed E-state index contributed by atoms with van der Waals surface area (Å²) in [5.74, 6) is -1.20. The van der Waals surface area contributed by atoms with Crippen molar-refractivity contribution in [3.63, 3.8) is 0 Å². The van der Waals surface area contributed by atoms with Gasteiger partial charge in [0.2, 0.25) is 5.91 Å². The number of nitrogen functional groups attached to an aromatic ring is 1. The number of carbonyl (C=O) groups is 1. The van der Waals surface area contributed by atoms with Gasteiger partial charge in [0.15, 0.2) is 9.84 Å². The molecule has 0 aliphatic heterocycles. The van der Waals surface area contributed by atoms with E-state index in [0.29, 0.717) is 5.02 Å². The highest BCUT2D eigenvalue weighted by molar-refractivity contribution is 7.92. The van der Waals surface area contributed by atoms with Gasteiger partial charge in [-0.05, 0) is 29.1 Å². The van der Waals surface area contributed by atoms with Crippen LogP contribution in [0.5, 0.6) is 0 Å². The number of anilines is 1. The average Bonchev–Trinajstić information content (AvgIpc) is 2.85. The number of halogens is 1. The SMILES string of the molecule is Nc1sccc1S(=O)(=O)CC(=O)NCc1ccc(Cl)cc1. The van der Waals surface area contributed by atoms with Gasteiger partial charge in [-0.2, -0.15) is 0 Å². The second kappa shape index (κ2) is 6.46. The number of hydrogen-bond acceptors (Lipinski definition) is 5. The zero-order valence-electron chi connectivity index (χ0n) is 10.9. The van der Waals surface area contributed by atoms with Crippen molar-refractivity contribution < 1.29 is 13.2 Å². The molecule has 0 saturated carbocycles. The molecular formula is C13H13ClN2O3S2. The molecule has 1 amide bonds. The summed E-state index contributed by atoms with van der Waals surface area (Å²) < 4.78 is 24.1. The van der Waals surface area contributed by atoms with Crippen LogP contribution in [0.2, 0.25) is 5.02 Å². The molecule has 0 aliphatic carbocycles. The van der Waals surface area contributed by atoms with E-state index in [4.69, 9.17) is 17.3 Å². The maximum absolute atomic E-state index is 12.0. The van der Waals surface area contributed by atoms with Crippen molar-refractivity contribution in [2.75, 3.05) is 11.5 Å². The molecule has 2 rings (SSSR count). The van der Waals surface area contributed by atoms with Crippen LogP contribution in [0, 0.1) is 0 Å². The lowest BCUT2D eigenvalue weighted by Gasteiger charge is -2.06. The Bertz CT molecular complexity index is 739. The minimum Gasteiger partial charge on any atom is -0.390 e. The number of amides is 1. The highest BCUT2D eigenvalue weighted by Gasteiger charge is 2.22. The summed E-state index contributed by atoms with van der Waals surface area (Å²) in [4.78, 5) is 11.8. The minimum absolute atomic E-state index is 0.00847. The number of rotatable bonds is 5. The van der Waals surface area contributed by atoms with Crippen LogP contribution in [0.25, 0.3) is 0 Å². The van der Waals surface area contributed by atoms with E-state index < -0.39 is 21.5 Å². The van der Waals surface area contributed by atoms with Gasteiger partial charge >= 0.3 is 0 Å². The van der Waals surface area contributed by atoms with Gasteiger partial charge in [-0.1, -0.05) is 23.7 Å². The predicted octanol–water partition coefficient (Wildman–Crippen LogP) is 2.07. The molecule has 112 valence electrons. The summed E-state index contributed by atoms with van der Waals surface area (Å²) in [6, 6.07) is 8.32. The Balaban J connectivity index is 1.96. The number of nitrogens with one attached hydrogen (secondary N) is 1. The predicted molar refractivity (Wildman–Crippen MR) is 84.1 cm³/mol. The van der Waals surface area contributed by atoms with Crippen molar-refractivity contribution in [1.82, 2.24) is 5.32 Å². The Morgan fingerprint density at radius 1 is 1.24 bits per heavy atom. The van der Waals surface area contributed by atoms with Crippen LogP contribution in [0.3, 0.4) is 0 Å². The highest BCUT2D eigenvalue weighted by atomic mass is 35.5. The van der Waals surface area contributed by atoms with E-state index in [1.807, 2.05) is 0 Å². The Hall–Kier alpha value is -1.57. The van der Waals surface area contributed by atoms with E-state index in [2.05, 4.69) is 5.32 Å². The maximum Gasteiger partial charge on any atom is 0.235 e. The standard InChI is InChI=1S/C13H13ClN2O3S2/c14-10-3-1-9(2-4-10)7-16-12(17)8-21(18,19)11-5-6-20-13(11)15/h1-6H,7-8,15H2,(H,16,17). The van der Waals surface area contributed by atoms with E-state index in [1.54, 1.807) is 29.6 Å². The summed E-state index contributed by atoms with van der Waals surface area (Å²) in [6.45, 7) is 0.241. The highest BCUT2D eigenvalue weighted by Crippen LogP contribution is 2.25. The van der Waals surface area contributed by atoms with Crippen LogP contribution in [0.4, 0.5) is 5.00 Å². The molecule has 5 nitrogen and oxygen atoms in total. The fourth-order valence-electron chi connectivity index (χ4n) is 1.67. The second-order valence-corrected chi connectivity index (χ2v) is 7.65. The molecule has 0 saturated heterocycles. The number of sulfone groups is 1. The molecule has 0 unspecified atom stereocenters. The van der Waals surface area contributed by atoms with Crippen LogP contribution in [-0.2, 0) is 21.2 Å². The largest absolute Gasteiger partial charge is 0.390 e. The average molecular weight is 345 g/mol. The first-order valence-corrected chi connectivity index (χ1v) is 8.86. The van der Waals surface area contributed by atoms with E-state index >= 15 is 0 Å². The van der Waals surface area contributed by atoms with Gasteiger partial charge in [0.05, 0.1) is 0 Å². The molecule has 1 heterocycles. The summed E-state index contributed by atoms with van der Waals surface area (Å²) in [7, 11) is -3.71. The Kier molecular flexibility index (Phi) is 4.87. The first kappa shape index (κ1) is 15.8. The molecule has 3 N–H and O–H groups in total. The number of thiophene rings is 1. The number of carbonyl (C=O) groups excluding carboxylic acids is 1. The lowest BCUT2D eigenvalue weighted by molar-refractivity contribution is -0.118. The lowest BCUT2D eigenvalue weighted by Crippen LogP contribution is -2.30. The Morgan fingerprint density at radius 2 is 1.90 bits per heavy atom. The quantitative estimate of drug-likeness (QED) is 0.869. The normalized spacial score (nSPS) is 11.3. The van der Waals surface area contributed by atoms with Gasteiger partial charge in [0.1, 0.15) is 15.6 Å². The van der Waals surface area contributed by atoms with Crippen molar-refractivity contribution in [1.29, 1.82) is 0 Å². The number of hydrogen-bond donors (Lipinski definition) is 2. The van der Waals surface area contributed by atoms with Crippen molar-refractivity contribution >= 4 is 43.7 Å². The lowest BCUT2D eigenvalue weighted by atomic mass is 10.2. The molecule has 0 fully saturated rings. The molecule has 0 aliphatic rings. The fourth-order valence-corrected chi connectivity index (χ4v) is 4.13. The third kappa shape index (κ3) is 4.20. The van der Waals surface area contributed by atoms with Crippen LogP contribution < -0.4 is 11.1 Å². The number of benzene rings is 1. The summed E-state index contributed by atoms with van der Waals surface area (Å²) >= 11 is 6.88. The van der Waals surface area contributed by atoms with E-state index in [0.717, 1.165) is 16.9 Å². The van der Waals surface area contributed by atoms with Gasteiger partial charge in [-0.25, -0.2) is 8.42 Å². The zero-order chi connectivity index (χ0) is 15.5. The van der Waals surface area contributed by atoms with Crippen LogP contribution >= 0.6 is 22.9 Å². The Morgan fingerprint density at radius 3 is 2.48 bits per heavy atom. The van der Waals surface area contributed by atoms with Gasteiger partial charge in [0.25, 0.3) is 0 Å². The zero-order valence-corrected chi connectivity index (χ0v) is 13.3. The monoisotopic (exact) mass is 344 g/mol. The third-order valence-corrected chi connectivity index (χ3v) is 5.51. The molecule has 0 radical (unpaired) electrons. The first-order valence-electron chi connectivity index (χ1n) is 5.95. The summed E-state index contributed by atoms with van der Waals surface area (Å²) in [6.07, 6.45) is 0. The van der Waals surface area contributed by atoms with Crippen LogP contribution in [0.1, 0.15) is 5.56 Å². The molecule has 2 aromatic rings. The smallest absolute Gasteiger partial charge is 0.235 e.